The number of carbonyl (C=O) groups is 1. The number of nitrogens with one attached hydrogen (secondary N) is 1. The Morgan fingerprint density at radius 2 is 1.96 bits per heavy atom. The Balaban J connectivity index is 1.94. The summed E-state index contributed by atoms with van der Waals surface area (Å²) in [6, 6.07) is 12.0. The summed E-state index contributed by atoms with van der Waals surface area (Å²) in [5, 5.41) is 2.69. The van der Waals surface area contributed by atoms with E-state index in [-0.39, 0.29) is 0 Å². The summed E-state index contributed by atoms with van der Waals surface area (Å²) in [4.78, 5) is 15.7. The van der Waals surface area contributed by atoms with E-state index in [1.54, 1.807) is 12.4 Å². The molecule has 0 atom stereocenters. The van der Waals surface area contributed by atoms with Crippen LogP contribution in [0.5, 0.6) is 0 Å². The molecule has 1 aromatic heterocycles. The lowest BCUT2D eigenvalue weighted by Crippen LogP contribution is -2.32. The number of benzene rings is 1. The second-order valence-electron chi connectivity index (χ2n) is 6.27. The Morgan fingerprint density at radius 1 is 1.21 bits per heavy atom. The molecule has 0 aliphatic heterocycles. The molecule has 1 aromatic carbocycles. The van der Waals surface area contributed by atoms with Crippen molar-refractivity contribution in [2.24, 2.45) is 0 Å². The number of aromatic nitrogens is 1. The predicted octanol–water partition coefficient (Wildman–Crippen LogP) is 4.01. The normalized spacial score (nSPS) is 10.5. The standard InChI is InChI=1S/C20H22N2O2/c1-20(2,3)24-19(23)22-13-8-7-11-17-15-21-14-12-18(17)16-9-5-4-6-10-16/h4-6,9-10,12,14-15H,8,13H2,1-3H3,(H,22,23). The van der Waals surface area contributed by atoms with Gasteiger partial charge in [-0.1, -0.05) is 42.2 Å². The number of pyridine rings is 1. The number of hydrogen-bond donors (Lipinski definition) is 1. The van der Waals surface area contributed by atoms with Gasteiger partial charge in [-0.25, -0.2) is 4.79 Å². The van der Waals surface area contributed by atoms with Gasteiger partial charge in [0.1, 0.15) is 5.60 Å². The minimum absolute atomic E-state index is 0.421. The van der Waals surface area contributed by atoms with Gasteiger partial charge in [-0.3, -0.25) is 4.98 Å². The topological polar surface area (TPSA) is 51.2 Å². The molecule has 4 heteroatoms. The molecular formula is C20H22N2O2. The molecule has 1 N–H and O–H groups in total. The fourth-order valence-electron chi connectivity index (χ4n) is 2.06. The summed E-state index contributed by atoms with van der Waals surface area (Å²) in [6.45, 7) is 5.95. The molecule has 4 nitrogen and oxygen atoms in total. The maximum absolute atomic E-state index is 11.5. The van der Waals surface area contributed by atoms with Gasteiger partial charge in [-0.15, -0.1) is 0 Å². The molecule has 1 heterocycles. The molecule has 0 aliphatic carbocycles. The molecule has 0 unspecified atom stereocenters. The van der Waals surface area contributed by atoms with Crippen molar-refractivity contribution in [1.29, 1.82) is 0 Å². The number of nitrogens with zero attached hydrogens (tertiary/aromatic N) is 1. The fraction of sp³-hybridized carbons (Fsp3) is 0.300. The zero-order valence-corrected chi connectivity index (χ0v) is 14.3. The highest BCUT2D eigenvalue weighted by atomic mass is 16.6. The summed E-state index contributed by atoms with van der Waals surface area (Å²) in [5.41, 5.74) is 2.55. The molecule has 2 rings (SSSR count). The van der Waals surface area contributed by atoms with E-state index in [1.165, 1.54) is 0 Å². The van der Waals surface area contributed by atoms with Gasteiger partial charge in [0.15, 0.2) is 0 Å². The van der Waals surface area contributed by atoms with Gasteiger partial charge in [-0.2, -0.15) is 0 Å². The second-order valence-corrected chi connectivity index (χ2v) is 6.27. The highest BCUT2D eigenvalue weighted by Gasteiger charge is 2.15. The molecule has 124 valence electrons. The number of alkyl carbamates (subject to hydrolysis) is 1. The van der Waals surface area contributed by atoms with Crippen molar-refractivity contribution >= 4 is 6.09 Å². The van der Waals surface area contributed by atoms with E-state index >= 15 is 0 Å². The average molecular weight is 322 g/mol. The van der Waals surface area contributed by atoms with E-state index in [9.17, 15) is 4.79 Å². The average Bonchev–Trinajstić information content (AvgIpc) is 2.54. The maximum Gasteiger partial charge on any atom is 0.407 e. The van der Waals surface area contributed by atoms with Crippen LogP contribution < -0.4 is 5.32 Å². The molecule has 24 heavy (non-hydrogen) atoms. The minimum atomic E-state index is -0.490. The molecule has 0 spiro atoms. The number of rotatable bonds is 3. The molecule has 1 amide bonds. The van der Waals surface area contributed by atoms with Crippen molar-refractivity contribution in [3.63, 3.8) is 0 Å². The van der Waals surface area contributed by atoms with Crippen LogP contribution in [0.2, 0.25) is 0 Å². The first-order chi connectivity index (χ1) is 11.5. The van der Waals surface area contributed by atoms with Crippen molar-refractivity contribution in [2.75, 3.05) is 6.54 Å². The SMILES string of the molecule is CC(C)(C)OC(=O)NCCC#Cc1cnccc1-c1ccccc1. The summed E-state index contributed by atoms with van der Waals surface area (Å²) < 4.78 is 5.17. The first kappa shape index (κ1) is 17.6. The summed E-state index contributed by atoms with van der Waals surface area (Å²) in [7, 11) is 0. The summed E-state index contributed by atoms with van der Waals surface area (Å²) in [6.07, 6.45) is 3.65. The quantitative estimate of drug-likeness (QED) is 0.686. The fourth-order valence-corrected chi connectivity index (χ4v) is 2.06. The Labute approximate surface area is 143 Å². The van der Waals surface area contributed by atoms with Crippen LogP contribution in [0.1, 0.15) is 32.8 Å². The summed E-state index contributed by atoms with van der Waals surface area (Å²) >= 11 is 0. The highest BCUT2D eigenvalue weighted by molar-refractivity contribution is 5.70. The Morgan fingerprint density at radius 3 is 2.67 bits per heavy atom. The number of ether oxygens (including phenoxy) is 1. The Kier molecular flexibility index (Phi) is 5.97. The van der Waals surface area contributed by atoms with Gasteiger partial charge >= 0.3 is 6.09 Å². The van der Waals surface area contributed by atoms with Crippen LogP contribution in [0.25, 0.3) is 11.1 Å². The van der Waals surface area contributed by atoms with Crippen molar-refractivity contribution in [3.8, 4) is 23.0 Å². The first-order valence-corrected chi connectivity index (χ1v) is 7.91. The number of carbonyl (C=O) groups excluding carboxylic acids is 1. The van der Waals surface area contributed by atoms with Crippen LogP contribution in [0.4, 0.5) is 4.79 Å². The van der Waals surface area contributed by atoms with E-state index in [0.717, 1.165) is 16.7 Å². The van der Waals surface area contributed by atoms with E-state index in [0.29, 0.717) is 13.0 Å². The third-order valence-electron chi connectivity index (χ3n) is 3.05. The van der Waals surface area contributed by atoms with Crippen LogP contribution in [0, 0.1) is 11.8 Å². The van der Waals surface area contributed by atoms with Crippen LogP contribution in [0.3, 0.4) is 0 Å². The number of amides is 1. The largest absolute Gasteiger partial charge is 0.444 e. The van der Waals surface area contributed by atoms with E-state index in [1.807, 2.05) is 57.2 Å². The van der Waals surface area contributed by atoms with E-state index < -0.39 is 11.7 Å². The van der Waals surface area contributed by atoms with Crippen molar-refractivity contribution in [1.82, 2.24) is 10.3 Å². The van der Waals surface area contributed by atoms with Gasteiger partial charge in [0, 0.05) is 30.9 Å². The Hall–Kier alpha value is -2.80. The lowest BCUT2D eigenvalue weighted by Gasteiger charge is -2.19. The van der Waals surface area contributed by atoms with Crippen LogP contribution in [0.15, 0.2) is 48.8 Å². The zero-order valence-electron chi connectivity index (χ0n) is 14.3. The molecule has 0 radical (unpaired) electrons. The molecule has 0 saturated heterocycles. The van der Waals surface area contributed by atoms with Gasteiger partial charge in [0.05, 0.1) is 5.56 Å². The third kappa shape index (κ3) is 5.77. The summed E-state index contributed by atoms with van der Waals surface area (Å²) in [5.74, 6) is 6.20. The monoisotopic (exact) mass is 322 g/mol. The van der Waals surface area contributed by atoms with Gasteiger partial charge in [0.25, 0.3) is 0 Å². The van der Waals surface area contributed by atoms with Gasteiger partial charge in [-0.05, 0) is 32.4 Å². The molecule has 0 fully saturated rings. The van der Waals surface area contributed by atoms with Crippen LogP contribution >= 0.6 is 0 Å². The lowest BCUT2D eigenvalue weighted by molar-refractivity contribution is 0.0529. The predicted molar refractivity (Wildman–Crippen MR) is 95.4 cm³/mol. The third-order valence-corrected chi connectivity index (χ3v) is 3.05. The van der Waals surface area contributed by atoms with Gasteiger partial charge in [0.2, 0.25) is 0 Å². The van der Waals surface area contributed by atoms with Crippen molar-refractivity contribution in [2.45, 2.75) is 32.8 Å². The molecular weight excluding hydrogens is 300 g/mol. The molecule has 0 saturated carbocycles. The highest BCUT2D eigenvalue weighted by Crippen LogP contribution is 2.21. The van der Waals surface area contributed by atoms with Gasteiger partial charge < -0.3 is 10.1 Å². The van der Waals surface area contributed by atoms with E-state index in [2.05, 4.69) is 22.1 Å². The molecule has 0 aliphatic rings. The molecule has 2 aromatic rings. The lowest BCUT2D eigenvalue weighted by atomic mass is 10.0. The maximum atomic E-state index is 11.5. The first-order valence-electron chi connectivity index (χ1n) is 7.91. The minimum Gasteiger partial charge on any atom is -0.444 e. The van der Waals surface area contributed by atoms with E-state index in [4.69, 9.17) is 4.74 Å². The Bertz CT molecular complexity index is 737. The smallest absolute Gasteiger partial charge is 0.407 e. The van der Waals surface area contributed by atoms with Crippen molar-refractivity contribution < 1.29 is 9.53 Å². The van der Waals surface area contributed by atoms with Crippen molar-refractivity contribution in [3.05, 3.63) is 54.4 Å². The van der Waals surface area contributed by atoms with Crippen LogP contribution in [-0.4, -0.2) is 23.2 Å². The zero-order chi connectivity index (χ0) is 17.4. The number of hydrogen-bond acceptors (Lipinski definition) is 3. The van der Waals surface area contributed by atoms with Crippen LogP contribution in [-0.2, 0) is 4.74 Å². The molecule has 0 bridgehead atoms. The second kappa shape index (κ2) is 8.16.